The molecule has 0 saturated carbocycles. The summed E-state index contributed by atoms with van der Waals surface area (Å²) in [6.45, 7) is 0.638. The Hall–Kier alpha value is -0.900. The molecule has 1 unspecified atom stereocenters. The Labute approximate surface area is 87.2 Å². The fourth-order valence-electron chi connectivity index (χ4n) is 1.93. The number of aliphatic hydroxyl groups is 1. The Morgan fingerprint density at radius 1 is 1.27 bits per heavy atom. The van der Waals surface area contributed by atoms with E-state index in [-0.39, 0.29) is 12.8 Å². The minimum Gasteiger partial charge on any atom is -0.501 e. The summed E-state index contributed by atoms with van der Waals surface area (Å²) in [5, 5.41) is 10.2. The van der Waals surface area contributed by atoms with E-state index in [2.05, 4.69) is 0 Å². The standard InChI is InChI=1S/C11H14F2O2/c12-11(13)5-3-10(14,4-6-11)9-2-1-7-15-8-9/h3,5,8,14H,1-2,4,6-7H2. The topological polar surface area (TPSA) is 29.5 Å². The predicted octanol–water partition coefficient (Wildman–Crippen LogP) is 2.40. The van der Waals surface area contributed by atoms with Crippen LogP contribution in [0.25, 0.3) is 0 Å². The van der Waals surface area contributed by atoms with Crippen molar-refractivity contribution in [2.24, 2.45) is 0 Å². The molecule has 0 spiro atoms. The monoisotopic (exact) mass is 216 g/mol. The third-order valence-corrected chi connectivity index (χ3v) is 2.93. The van der Waals surface area contributed by atoms with Crippen molar-refractivity contribution in [2.75, 3.05) is 6.61 Å². The van der Waals surface area contributed by atoms with E-state index in [1.807, 2.05) is 0 Å². The fraction of sp³-hybridized carbons (Fsp3) is 0.636. The number of hydrogen-bond acceptors (Lipinski definition) is 2. The van der Waals surface area contributed by atoms with E-state index in [9.17, 15) is 13.9 Å². The molecule has 0 aromatic carbocycles. The summed E-state index contributed by atoms with van der Waals surface area (Å²) in [5.41, 5.74) is -0.511. The maximum atomic E-state index is 12.9. The average molecular weight is 216 g/mol. The van der Waals surface area contributed by atoms with E-state index in [1.54, 1.807) is 0 Å². The van der Waals surface area contributed by atoms with Crippen LogP contribution in [-0.2, 0) is 4.74 Å². The van der Waals surface area contributed by atoms with Gasteiger partial charge in [0.15, 0.2) is 0 Å². The zero-order chi connectivity index (χ0) is 10.9. The van der Waals surface area contributed by atoms with Gasteiger partial charge in [-0.25, -0.2) is 8.78 Å². The van der Waals surface area contributed by atoms with E-state index in [1.165, 1.54) is 12.3 Å². The van der Waals surface area contributed by atoms with Crippen molar-refractivity contribution in [1.29, 1.82) is 0 Å². The minimum atomic E-state index is -2.78. The highest BCUT2D eigenvalue weighted by Gasteiger charge is 2.39. The van der Waals surface area contributed by atoms with Crippen molar-refractivity contribution in [1.82, 2.24) is 0 Å². The molecule has 0 aromatic rings. The molecule has 0 fully saturated rings. The zero-order valence-electron chi connectivity index (χ0n) is 8.38. The van der Waals surface area contributed by atoms with Gasteiger partial charge in [-0.3, -0.25) is 0 Å². The summed E-state index contributed by atoms with van der Waals surface area (Å²) in [6, 6.07) is 0. The van der Waals surface area contributed by atoms with Crippen LogP contribution in [0.5, 0.6) is 0 Å². The summed E-state index contributed by atoms with van der Waals surface area (Å²) < 4.78 is 30.8. The molecule has 0 bridgehead atoms. The lowest BCUT2D eigenvalue weighted by molar-refractivity contribution is -0.00227. The van der Waals surface area contributed by atoms with Gasteiger partial charge in [-0.2, -0.15) is 0 Å². The van der Waals surface area contributed by atoms with Crippen LogP contribution in [0.2, 0.25) is 0 Å². The first-order chi connectivity index (χ1) is 7.02. The predicted molar refractivity (Wildman–Crippen MR) is 51.5 cm³/mol. The van der Waals surface area contributed by atoms with Gasteiger partial charge in [0.2, 0.25) is 0 Å². The molecule has 1 N–H and O–H groups in total. The maximum Gasteiger partial charge on any atom is 0.266 e. The van der Waals surface area contributed by atoms with Gasteiger partial charge < -0.3 is 9.84 Å². The van der Waals surface area contributed by atoms with E-state index >= 15 is 0 Å². The second kappa shape index (κ2) is 3.59. The van der Waals surface area contributed by atoms with E-state index < -0.39 is 11.5 Å². The largest absolute Gasteiger partial charge is 0.501 e. The second-order valence-electron chi connectivity index (χ2n) is 4.14. The molecule has 2 nitrogen and oxygen atoms in total. The van der Waals surface area contributed by atoms with E-state index in [4.69, 9.17) is 4.74 Å². The first kappa shape index (κ1) is 10.6. The van der Waals surface area contributed by atoms with E-state index in [0.29, 0.717) is 18.6 Å². The van der Waals surface area contributed by atoms with Gasteiger partial charge in [-0.05, 0) is 37.0 Å². The lowest BCUT2D eigenvalue weighted by atomic mass is 9.81. The number of hydrogen-bond donors (Lipinski definition) is 1. The number of ether oxygens (including phenoxy) is 1. The molecule has 0 radical (unpaired) electrons. The third kappa shape index (κ3) is 2.20. The molecule has 1 atom stereocenters. The number of allylic oxidation sites excluding steroid dienone is 1. The molecule has 1 aliphatic heterocycles. The smallest absolute Gasteiger partial charge is 0.266 e. The molecular formula is C11H14F2O2. The summed E-state index contributed by atoms with van der Waals surface area (Å²) in [4.78, 5) is 0. The summed E-state index contributed by atoms with van der Waals surface area (Å²) in [6.07, 6.45) is 4.81. The molecule has 0 aromatic heterocycles. The minimum absolute atomic E-state index is 0.0612. The Morgan fingerprint density at radius 2 is 2.07 bits per heavy atom. The van der Waals surface area contributed by atoms with Crippen molar-refractivity contribution < 1.29 is 18.6 Å². The van der Waals surface area contributed by atoms with Crippen LogP contribution in [-0.4, -0.2) is 23.2 Å². The van der Waals surface area contributed by atoms with Gasteiger partial charge in [0.25, 0.3) is 5.92 Å². The lowest BCUT2D eigenvalue weighted by Gasteiger charge is -2.34. The van der Waals surface area contributed by atoms with Crippen LogP contribution in [0.1, 0.15) is 25.7 Å². The highest BCUT2D eigenvalue weighted by molar-refractivity contribution is 5.28. The molecule has 4 heteroatoms. The van der Waals surface area contributed by atoms with Crippen LogP contribution < -0.4 is 0 Å². The number of alkyl halides is 2. The van der Waals surface area contributed by atoms with Crippen LogP contribution in [0.3, 0.4) is 0 Å². The summed E-state index contributed by atoms with van der Waals surface area (Å²) >= 11 is 0. The molecule has 84 valence electrons. The quantitative estimate of drug-likeness (QED) is 0.682. The average Bonchev–Trinajstić information content (AvgIpc) is 2.24. The zero-order valence-corrected chi connectivity index (χ0v) is 8.38. The highest BCUT2D eigenvalue weighted by Crippen LogP contribution is 2.38. The second-order valence-corrected chi connectivity index (χ2v) is 4.14. The summed E-state index contributed by atoms with van der Waals surface area (Å²) in [7, 11) is 0. The van der Waals surface area contributed by atoms with Gasteiger partial charge >= 0.3 is 0 Å². The normalized spacial score (nSPS) is 34.5. The Balaban J connectivity index is 2.18. The number of halogens is 2. The first-order valence-electron chi connectivity index (χ1n) is 5.14. The van der Waals surface area contributed by atoms with Gasteiger partial charge in [0.05, 0.1) is 12.9 Å². The third-order valence-electron chi connectivity index (χ3n) is 2.93. The highest BCUT2D eigenvalue weighted by atomic mass is 19.3. The van der Waals surface area contributed by atoms with Crippen molar-refractivity contribution in [3.63, 3.8) is 0 Å². The van der Waals surface area contributed by atoms with Crippen molar-refractivity contribution in [3.8, 4) is 0 Å². The number of rotatable bonds is 1. The van der Waals surface area contributed by atoms with Crippen molar-refractivity contribution >= 4 is 0 Å². The van der Waals surface area contributed by atoms with Crippen LogP contribution in [0.4, 0.5) is 8.78 Å². The SMILES string of the molecule is OC1(C2=COCCC2)C=CC(F)(F)CC1. The van der Waals surface area contributed by atoms with Gasteiger partial charge in [-0.1, -0.05) is 0 Å². The van der Waals surface area contributed by atoms with Crippen LogP contribution in [0, 0.1) is 0 Å². The summed E-state index contributed by atoms with van der Waals surface area (Å²) in [5.74, 6) is -2.78. The molecule has 2 aliphatic rings. The van der Waals surface area contributed by atoms with Crippen molar-refractivity contribution in [2.45, 2.75) is 37.2 Å². The first-order valence-corrected chi connectivity index (χ1v) is 5.14. The lowest BCUT2D eigenvalue weighted by Crippen LogP contribution is -2.36. The Morgan fingerprint density at radius 3 is 2.60 bits per heavy atom. The van der Waals surface area contributed by atoms with Gasteiger partial charge in [0, 0.05) is 6.42 Å². The fourth-order valence-corrected chi connectivity index (χ4v) is 1.93. The van der Waals surface area contributed by atoms with E-state index in [0.717, 1.165) is 12.5 Å². The van der Waals surface area contributed by atoms with Gasteiger partial charge in [0.1, 0.15) is 5.60 Å². The molecule has 2 rings (SSSR count). The molecule has 1 heterocycles. The molecule has 0 saturated heterocycles. The molecule has 0 amide bonds. The molecular weight excluding hydrogens is 202 g/mol. The van der Waals surface area contributed by atoms with Crippen molar-refractivity contribution in [3.05, 3.63) is 24.0 Å². The van der Waals surface area contributed by atoms with Crippen LogP contribution in [0.15, 0.2) is 24.0 Å². The maximum absolute atomic E-state index is 12.9. The molecule has 15 heavy (non-hydrogen) atoms. The Kier molecular flexibility index (Phi) is 2.54. The van der Waals surface area contributed by atoms with Gasteiger partial charge in [-0.15, -0.1) is 0 Å². The van der Waals surface area contributed by atoms with Crippen LogP contribution >= 0.6 is 0 Å². The molecule has 1 aliphatic carbocycles. The Bertz CT molecular complexity index is 310.